The van der Waals surface area contributed by atoms with Crippen LogP contribution in [-0.4, -0.2) is 49.4 Å². The summed E-state index contributed by atoms with van der Waals surface area (Å²) in [4.78, 5) is 35.3. The van der Waals surface area contributed by atoms with E-state index >= 15 is 0 Å². The monoisotopic (exact) mass is 500 g/mol. The second-order valence-corrected chi connectivity index (χ2v) is 11.6. The van der Waals surface area contributed by atoms with Crippen LogP contribution >= 0.6 is 0 Å². The summed E-state index contributed by atoms with van der Waals surface area (Å²) in [5.41, 5.74) is 4.68. The summed E-state index contributed by atoms with van der Waals surface area (Å²) in [6.45, 7) is 12.0. The molecule has 1 saturated carbocycles. The fraction of sp³-hybridized carbons (Fsp3) is 0.690. The van der Waals surface area contributed by atoms with Crippen molar-refractivity contribution in [3.8, 4) is 0 Å². The summed E-state index contributed by atoms with van der Waals surface area (Å²) < 4.78 is 23.5. The van der Waals surface area contributed by atoms with E-state index in [1.54, 1.807) is 0 Å². The standard InChI is InChI=1S/C29H40O7/c1-17(2)22-9-10-28(5)11-12-29(6)23(26(22)28)8-7-20(15-30)13-25(29)36-27-24(35-19(4)32)14-21(16-33-27)34-18(3)31/h7-8,15,17,21,24-25,27H,9-14,16H2,1-6H3/t21?,24?,25?,27-,28?,29+/m0/s1. The predicted molar refractivity (Wildman–Crippen MR) is 134 cm³/mol. The van der Waals surface area contributed by atoms with Crippen molar-refractivity contribution in [2.45, 2.75) is 105 Å². The highest BCUT2D eigenvalue weighted by molar-refractivity contribution is 5.75. The topological polar surface area (TPSA) is 88.1 Å². The van der Waals surface area contributed by atoms with Crippen molar-refractivity contribution in [3.05, 3.63) is 34.4 Å². The van der Waals surface area contributed by atoms with Gasteiger partial charge in [-0.05, 0) is 53.7 Å². The van der Waals surface area contributed by atoms with Gasteiger partial charge in [-0.1, -0.05) is 45.4 Å². The van der Waals surface area contributed by atoms with Gasteiger partial charge in [-0.15, -0.1) is 0 Å². The van der Waals surface area contributed by atoms with Gasteiger partial charge in [-0.2, -0.15) is 0 Å². The van der Waals surface area contributed by atoms with Crippen molar-refractivity contribution < 1.29 is 33.3 Å². The second kappa shape index (κ2) is 10.3. The minimum absolute atomic E-state index is 0.133. The van der Waals surface area contributed by atoms with Gasteiger partial charge in [-0.25, -0.2) is 0 Å². The fourth-order valence-electron chi connectivity index (χ4n) is 6.59. The van der Waals surface area contributed by atoms with Crippen molar-refractivity contribution >= 4 is 18.2 Å². The van der Waals surface area contributed by atoms with Crippen molar-refractivity contribution in [2.24, 2.45) is 16.7 Å². The normalized spacial score (nSPS) is 36.3. The molecule has 1 heterocycles. The zero-order chi connectivity index (χ0) is 26.3. The SMILES string of the molecule is CC(=O)OC1CO[C@@H](OC2CC(C=O)=CC=C3C4=C(C(C)C)CCC4(C)CC[C@]32C)C(OC(C)=O)C1. The molecule has 0 spiro atoms. The van der Waals surface area contributed by atoms with Crippen LogP contribution in [0, 0.1) is 16.7 Å². The molecule has 2 fully saturated rings. The van der Waals surface area contributed by atoms with Crippen LogP contribution in [0.3, 0.4) is 0 Å². The van der Waals surface area contributed by atoms with Gasteiger partial charge in [0.15, 0.2) is 12.4 Å². The molecule has 0 N–H and O–H groups in total. The van der Waals surface area contributed by atoms with Crippen LogP contribution in [0.4, 0.5) is 0 Å². The van der Waals surface area contributed by atoms with E-state index in [-0.39, 0.29) is 23.5 Å². The lowest BCUT2D eigenvalue weighted by Crippen LogP contribution is -2.51. The second-order valence-electron chi connectivity index (χ2n) is 11.6. The Hall–Kier alpha value is -2.25. The lowest BCUT2D eigenvalue weighted by molar-refractivity contribution is -0.270. The third-order valence-corrected chi connectivity index (χ3v) is 8.59. The number of ether oxygens (including phenoxy) is 4. The van der Waals surface area contributed by atoms with E-state index in [0.29, 0.717) is 24.3 Å². The first-order valence-electron chi connectivity index (χ1n) is 13.2. The Labute approximate surface area is 214 Å². The molecule has 7 heteroatoms. The van der Waals surface area contributed by atoms with Gasteiger partial charge in [-0.3, -0.25) is 14.4 Å². The molecule has 4 aliphatic rings. The van der Waals surface area contributed by atoms with Crippen LogP contribution in [0.15, 0.2) is 34.4 Å². The molecule has 0 bridgehead atoms. The molecule has 4 rings (SSSR count). The molecule has 0 aromatic carbocycles. The van der Waals surface area contributed by atoms with E-state index in [0.717, 1.165) is 32.0 Å². The van der Waals surface area contributed by atoms with Gasteiger partial charge >= 0.3 is 11.9 Å². The van der Waals surface area contributed by atoms with E-state index in [9.17, 15) is 14.4 Å². The Morgan fingerprint density at radius 3 is 2.44 bits per heavy atom. The number of esters is 2. The van der Waals surface area contributed by atoms with Crippen LogP contribution in [0.5, 0.6) is 0 Å². The average Bonchev–Trinajstić information content (AvgIpc) is 3.08. The summed E-state index contributed by atoms with van der Waals surface area (Å²) >= 11 is 0. The Bertz CT molecular complexity index is 1010. The highest BCUT2D eigenvalue weighted by atomic mass is 16.7. The molecule has 1 aliphatic heterocycles. The number of carbonyl (C=O) groups is 3. The largest absolute Gasteiger partial charge is 0.460 e. The van der Waals surface area contributed by atoms with E-state index < -0.39 is 30.4 Å². The van der Waals surface area contributed by atoms with Crippen molar-refractivity contribution in [3.63, 3.8) is 0 Å². The molecule has 0 radical (unpaired) electrons. The van der Waals surface area contributed by atoms with E-state index in [1.807, 2.05) is 6.08 Å². The zero-order valence-corrected chi connectivity index (χ0v) is 22.4. The third-order valence-electron chi connectivity index (χ3n) is 8.59. The summed E-state index contributed by atoms with van der Waals surface area (Å²) in [5.74, 6) is -0.407. The summed E-state index contributed by atoms with van der Waals surface area (Å²) in [5, 5.41) is 0. The first-order valence-corrected chi connectivity index (χ1v) is 13.2. The molecule has 0 aromatic heterocycles. The Morgan fingerprint density at radius 1 is 1.08 bits per heavy atom. The van der Waals surface area contributed by atoms with Gasteiger partial charge in [0.05, 0.1) is 12.7 Å². The minimum Gasteiger partial charge on any atom is -0.460 e. The number of rotatable bonds is 6. The van der Waals surface area contributed by atoms with Crippen molar-refractivity contribution in [1.82, 2.24) is 0 Å². The van der Waals surface area contributed by atoms with E-state index in [4.69, 9.17) is 18.9 Å². The Morgan fingerprint density at radius 2 is 1.81 bits per heavy atom. The zero-order valence-electron chi connectivity index (χ0n) is 22.4. The average molecular weight is 501 g/mol. The maximum absolute atomic E-state index is 12.0. The number of hydrogen-bond donors (Lipinski definition) is 0. The number of aldehydes is 1. The highest BCUT2D eigenvalue weighted by Gasteiger charge is 2.53. The fourth-order valence-corrected chi connectivity index (χ4v) is 6.59. The maximum atomic E-state index is 12.0. The van der Waals surface area contributed by atoms with E-state index in [2.05, 4.69) is 33.8 Å². The molecule has 3 aliphatic carbocycles. The first-order chi connectivity index (χ1) is 17.0. The minimum atomic E-state index is -0.815. The van der Waals surface area contributed by atoms with Crippen LogP contribution in [-0.2, 0) is 33.3 Å². The van der Waals surface area contributed by atoms with Crippen molar-refractivity contribution in [2.75, 3.05) is 6.61 Å². The molecular formula is C29H40O7. The molecule has 36 heavy (non-hydrogen) atoms. The highest BCUT2D eigenvalue weighted by Crippen LogP contribution is 2.62. The number of allylic oxidation sites excluding steroid dienone is 4. The quantitative estimate of drug-likeness (QED) is 0.375. The smallest absolute Gasteiger partial charge is 0.303 e. The molecule has 0 amide bonds. The molecule has 6 atom stereocenters. The number of hydrogen-bond acceptors (Lipinski definition) is 7. The number of carbonyl (C=O) groups excluding carboxylic acids is 3. The van der Waals surface area contributed by atoms with Crippen LogP contribution < -0.4 is 0 Å². The molecule has 4 unspecified atom stereocenters. The lowest BCUT2D eigenvalue weighted by Gasteiger charge is -2.50. The van der Waals surface area contributed by atoms with Crippen LogP contribution in [0.25, 0.3) is 0 Å². The van der Waals surface area contributed by atoms with Crippen LogP contribution in [0.2, 0.25) is 0 Å². The summed E-state index contributed by atoms with van der Waals surface area (Å²) in [7, 11) is 0. The van der Waals surface area contributed by atoms with Gasteiger partial charge in [0.2, 0.25) is 0 Å². The summed E-state index contributed by atoms with van der Waals surface area (Å²) in [6, 6.07) is 0. The van der Waals surface area contributed by atoms with Crippen LogP contribution in [0.1, 0.15) is 80.1 Å². The molecule has 198 valence electrons. The van der Waals surface area contributed by atoms with E-state index in [1.165, 1.54) is 30.6 Å². The molecule has 0 aromatic rings. The number of fused-ring (bicyclic) bond motifs is 3. The van der Waals surface area contributed by atoms with Gasteiger partial charge in [0.25, 0.3) is 0 Å². The van der Waals surface area contributed by atoms with Crippen molar-refractivity contribution in [1.29, 1.82) is 0 Å². The predicted octanol–water partition coefficient (Wildman–Crippen LogP) is 4.99. The first kappa shape index (κ1) is 26.8. The summed E-state index contributed by atoms with van der Waals surface area (Å²) in [6.07, 6.45) is 7.59. The molecule has 7 nitrogen and oxygen atoms in total. The lowest BCUT2D eigenvalue weighted by atomic mass is 9.57. The van der Waals surface area contributed by atoms with Gasteiger partial charge in [0, 0.05) is 32.1 Å². The van der Waals surface area contributed by atoms with Gasteiger partial charge in [0.1, 0.15) is 12.4 Å². The molecular weight excluding hydrogens is 460 g/mol. The third kappa shape index (κ3) is 5.10. The Balaban J connectivity index is 1.67. The molecule has 1 saturated heterocycles. The Kier molecular flexibility index (Phi) is 7.63. The maximum Gasteiger partial charge on any atom is 0.303 e. The van der Waals surface area contributed by atoms with Gasteiger partial charge < -0.3 is 18.9 Å².